The molecule has 5 nitrogen and oxygen atoms in total. The van der Waals surface area contributed by atoms with Crippen LogP contribution in [-0.2, 0) is 0 Å². The van der Waals surface area contributed by atoms with Gasteiger partial charge in [0, 0.05) is 24.2 Å². The molecule has 0 radical (unpaired) electrons. The highest BCUT2D eigenvalue weighted by Crippen LogP contribution is 2.13. The number of aromatic nitrogens is 1. The number of pyridine rings is 1. The number of hydrogen-bond donors (Lipinski definition) is 2. The lowest BCUT2D eigenvalue weighted by molar-refractivity contribution is 0.0944. The van der Waals surface area contributed by atoms with E-state index in [1.54, 1.807) is 18.6 Å². The van der Waals surface area contributed by atoms with Crippen molar-refractivity contribution in [3.8, 4) is 0 Å². The first-order chi connectivity index (χ1) is 10.7. The molecule has 1 aliphatic heterocycles. The SMILES string of the molecule is O=C(NC1C=NC(c2ccccn2)=CN1)c1ccc(F)cc1. The molecule has 2 aromatic rings. The fraction of sp³-hybridized carbons (Fsp3) is 0.0625. The van der Waals surface area contributed by atoms with Crippen molar-refractivity contribution in [2.45, 2.75) is 6.17 Å². The molecule has 0 aliphatic carbocycles. The Morgan fingerprint density at radius 1 is 1.18 bits per heavy atom. The highest BCUT2D eigenvalue weighted by molar-refractivity contribution is 5.96. The molecule has 0 fully saturated rings. The van der Waals surface area contributed by atoms with Crippen molar-refractivity contribution < 1.29 is 9.18 Å². The predicted octanol–water partition coefficient (Wildman–Crippen LogP) is 1.95. The highest BCUT2D eigenvalue weighted by Gasteiger charge is 2.14. The van der Waals surface area contributed by atoms with Gasteiger partial charge in [0.25, 0.3) is 5.91 Å². The largest absolute Gasteiger partial charge is 0.365 e. The molecule has 1 aromatic carbocycles. The van der Waals surface area contributed by atoms with Gasteiger partial charge in [0.05, 0.1) is 5.69 Å². The van der Waals surface area contributed by atoms with Gasteiger partial charge in [-0.05, 0) is 36.4 Å². The molecular weight excluding hydrogens is 283 g/mol. The number of nitrogens with zero attached hydrogens (tertiary/aromatic N) is 2. The molecule has 1 unspecified atom stereocenters. The lowest BCUT2D eigenvalue weighted by atomic mass is 10.2. The summed E-state index contributed by atoms with van der Waals surface area (Å²) in [5.74, 6) is -0.685. The van der Waals surface area contributed by atoms with Crippen molar-refractivity contribution in [3.05, 3.63) is 71.9 Å². The Labute approximate surface area is 126 Å². The van der Waals surface area contributed by atoms with E-state index in [4.69, 9.17) is 0 Å². The molecule has 1 amide bonds. The Morgan fingerprint density at radius 2 is 2.00 bits per heavy atom. The fourth-order valence-electron chi connectivity index (χ4n) is 1.96. The van der Waals surface area contributed by atoms with Gasteiger partial charge in [-0.2, -0.15) is 0 Å². The molecule has 22 heavy (non-hydrogen) atoms. The van der Waals surface area contributed by atoms with Crippen LogP contribution in [-0.4, -0.2) is 23.3 Å². The maximum Gasteiger partial charge on any atom is 0.253 e. The van der Waals surface area contributed by atoms with Crippen LogP contribution in [0.2, 0.25) is 0 Å². The molecule has 0 spiro atoms. The minimum Gasteiger partial charge on any atom is -0.365 e. The summed E-state index contributed by atoms with van der Waals surface area (Å²) in [7, 11) is 0. The second-order valence-corrected chi connectivity index (χ2v) is 4.65. The van der Waals surface area contributed by atoms with Gasteiger partial charge in [0.2, 0.25) is 0 Å². The van der Waals surface area contributed by atoms with Crippen LogP contribution in [0.5, 0.6) is 0 Å². The zero-order valence-corrected chi connectivity index (χ0v) is 11.5. The maximum atomic E-state index is 12.8. The normalized spacial score (nSPS) is 16.6. The fourth-order valence-corrected chi connectivity index (χ4v) is 1.96. The lowest BCUT2D eigenvalue weighted by Gasteiger charge is -2.19. The number of carbonyl (C=O) groups is 1. The molecule has 0 bridgehead atoms. The third-order valence-electron chi connectivity index (χ3n) is 3.08. The van der Waals surface area contributed by atoms with Crippen LogP contribution in [0.1, 0.15) is 16.1 Å². The monoisotopic (exact) mass is 296 g/mol. The molecule has 0 saturated heterocycles. The Bertz CT molecular complexity index is 726. The molecule has 0 saturated carbocycles. The molecule has 3 rings (SSSR count). The first-order valence-corrected chi connectivity index (χ1v) is 6.70. The first-order valence-electron chi connectivity index (χ1n) is 6.70. The van der Waals surface area contributed by atoms with Crippen LogP contribution in [0, 0.1) is 5.82 Å². The van der Waals surface area contributed by atoms with E-state index in [0.29, 0.717) is 11.3 Å². The number of nitrogens with one attached hydrogen (secondary N) is 2. The van der Waals surface area contributed by atoms with E-state index in [2.05, 4.69) is 20.6 Å². The molecular formula is C16H13FN4O. The van der Waals surface area contributed by atoms with Gasteiger partial charge in [-0.15, -0.1) is 0 Å². The van der Waals surface area contributed by atoms with E-state index >= 15 is 0 Å². The van der Waals surface area contributed by atoms with Gasteiger partial charge in [0.1, 0.15) is 17.7 Å². The maximum absolute atomic E-state index is 12.8. The van der Waals surface area contributed by atoms with Crippen molar-refractivity contribution in [1.82, 2.24) is 15.6 Å². The number of halogens is 1. The molecule has 110 valence electrons. The molecule has 6 heteroatoms. The Morgan fingerprint density at radius 3 is 2.64 bits per heavy atom. The average Bonchev–Trinajstić information content (AvgIpc) is 2.57. The van der Waals surface area contributed by atoms with Crippen molar-refractivity contribution in [3.63, 3.8) is 0 Å². The quantitative estimate of drug-likeness (QED) is 0.910. The standard InChI is InChI=1S/C16H13FN4O/c17-12-6-4-11(5-7-12)16(22)21-15-10-19-14(9-20-15)13-3-1-2-8-18-13/h1-10,15,20H,(H,21,22). The molecule has 1 atom stereocenters. The van der Waals surface area contributed by atoms with E-state index in [9.17, 15) is 9.18 Å². The smallest absolute Gasteiger partial charge is 0.253 e. The minimum atomic E-state index is -0.426. The Kier molecular flexibility index (Phi) is 3.91. The Hall–Kier alpha value is -3.02. The number of benzene rings is 1. The number of hydrogen-bond acceptors (Lipinski definition) is 4. The van der Waals surface area contributed by atoms with Crippen molar-refractivity contribution in [2.24, 2.45) is 4.99 Å². The third-order valence-corrected chi connectivity index (χ3v) is 3.08. The van der Waals surface area contributed by atoms with Crippen molar-refractivity contribution in [1.29, 1.82) is 0 Å². The van der Waals surface area contributed by atoms with E-state index in [1.807, 2.05) is 18.2 Å². The first kappa shape index (κ1) is 13.9. The van der Waals surface area contributed by atoms with Crippen LogP contribution in [0.25, 0.3) is 5.70 Å². The number of rotatable bonds is 3. The minimum absolute atomic E-state index is 0.307. The average molecular weight is 296 g/mol. The van der Waals surface area contributed by atoms with Crippen LogP contribution >= 0.6 is 0 Å². The third kappa shape index (κ3) is 3.17. The number of amides is 1. The van der Waals surface area contributed by atoms with Gasteiger partial charge >= 0.3 is 0 Å². The van der Waals surface area contributed by atoms with E-state index in [0.717, 1.165) is 5.69 Å². The van der Waals surface area contributed by atoms with Gasteiger partial charge in [-0.3, -0.25) is 14.8 Å². The summed E-state index contributed by atoms with van der Waals surface area (Å²) >= 11 is 0. The summed E-state index contributed by atoms with van der Waals surface area (Å²) in [5, 5.41) is 5.76. The van der Waals surface area contributed by atoms with Gasteiger partial charge in [0.15, 0.2) is 0 Å². The predicted molar refractivity (Wildman–Crippen MR) is 81.5 cm³/mol. The summed E-state index contributed by atoms with van der Waals surface area (Å²) in [5.41, 5.74) is 1.82. The summed E-state index contributed by atoms with van der Waals surface area (Å²) < 4.78 is 12.8. The Balaban J connectivity index is 1.62. The number of carbonyl (C=O) groups excluding carboxylic acids is 1. The van der Waals surface area contributed by atoms with Gasteiger partial charge in [-0.25, -0.2) is 4.39 Å². The van der Waals surface area contributed by atoms with Gasteiger partial charge in [-0.1, -0.05) is 6.07 Å². The molecule has 2 N–H and O–H groups in total. The number of aliphatic imine (C=N–C) groups is 1. The van der Waals surface area contributed by atoms with Crippen LogP contribution < -0.4 is 10.6 Å². The second kappa shape index (κ2) is 6.17. The summed E-state index contributed by atoms with van der Waals surface area (Å²) in [4.78, 5) is 20.5. The molecule has 1 aromatic heterocycles. The van der Waals surface area contributed by atoms with Crippen molar-refractivity contribution in [2.75, 3.05) is 0 Å². The van der Waals surface area contributed by atoms with E-state index in [1.165, 1.54) is 24.3 Å². The van der Waals surface area contributed by atoms with Crippen LogP contribution in [0.4, 0.5) is 4.39 Å². The zero-order valence-electron chi connectivity index (χ0n) is 11.5. The van der Waals surface area contributed by atoms with Crippen LogP contribution in [0.15, 0.2) is 59.9 Å². The summed E-state index contributed by atoms with van der Waals surface area (Å²) in [6.45, 7) is 0. The van der Waals surface area contributed by atoms with Gasteiger partial charge < -0.3 is 10.6 Å². The van der Waals surface area contributed by atoms with E-state index in [-0.39, 0.29) is 11.7 Å². The molecule has 1 aliphatic rings. The van der Waals surface area contributed by atoms with Crippen LogP contribution in [0.3, 0.4) is 0 Å². The van der Waals surface area contributed by atoms with E-state index < -0.39 is 6.17 Å². The zero-order chi connectivity index (χ0) is 15.4. The molecule has 2 heterocycles. The second-order valence-electron chi connectivity index (χ2n) is 4.65. The summed E-state index contributed by atoms with van der Waals surface area (Å²) in [6.07, 6.45) is 4.54. The highest BCUT2D eigenvalue weighted by atomic mass is 19.1. The topological polar surface area (TPSA) is 66.4 Å². The van der Waals surface area contributed by atoms with Crippen molar-refractivity contribution >= 4 is 17.8 Å². The lowest BCUT2D eigenvalue weighted by Crippen LogP contribution is -2.45. The summed E-state index contributed by atoms with van der Waals surface area (Å²) in [6, 6.07) is 10.9.